The maximum atomic E-state index is 11.4. The van der Waals surface area contributed by atoms with E-state index in [2.05, 4.69) is 23.1 Å². The van der Waals surface area contributed by atoms with Crippen molar-refractivity contribution in [3.8, 4) is 0 Å². The molecule has 1 unspecified atom stereocenters. The molecule has 0 aromatic carbocycles. The van der Waals surface area contributed by atoms with Crippen molar-refractivity contribution in [2.24, 2.45) is 0 Å². The summed E-state index contributed by atoms with van der Waals surface area (Å²) in [6, 6.07) is 0. The standard InChI is InChI=1S/C10H14N5O10PSe/c11-8-5-9(13-2-12-8)15(3-14-5)10-7(17)6(16)4(24-10)1-23-26(18,19)25-27(20,21)22/h2-4,6-7,10,16-17H,1H2,(H,18,19)(H2,11,12,13)(H,20,21,22)/t4-,6-,7-,10-/m1/s1. The molecular formula is C10H14N5O10PSe. The van der Waals surface area contributed by atoms with Crippen molar-refractivity contribution < 1.29 is 44.4 Å². The van der Waals surface area contributed by atoms with Gasteiger partial charge in [0, 0.05) is 0 Å². The Morgan fingerprint density at radius 3 is 2.67 bits per heavy atom. The number of aromatic nitrogens is 4. The number of ether oxygens (including phenoxy) is 1. The van der Waals surface area contributed by atoms with Crippen LogP contribution in [0.25, 0.3) is 11.2 Å². The van der Waals surface area contributed by atoms with Gasteiger partial charge in [-0.1, -0.05) is 0 Å². The van der Waals surface area contributed by atoms with Crippen LogP contribution in [-0.4, -0.2) is 77.1 Å². The van der Waals surface area contributed by atoms with Crippen LogP contribution in [-0.2, 0) is 25.1 Å². The van der Waals surface area contributed by atoms with Gasteiger partial charge < -0.3 is 0 Å². The molecule has 0 amide bonds. The summed E-state index contributed by atoms with van der Waals surface area (Å²) in [6.07, 6.45) is -3.26. The summed E-state index contributed by atoms with van der Waals surface area (Å²) in [5.41, 5.74) is 6.09. The summed E-state index contributed by atoms with van der Waals surface area (Å²) in [6.45, 7) is -0.834. The van der Waals surface area contributed by atoms with Crippen LogP contribution in [0.3, 0.4) is 0 Å². The molecule has 3 heterocycles. The third kappa shape index (κ3) is 4.30. The second-order valence-corrected chi connectivity index (χ2v) is 9.47. The quantitative estimate of drug-likeness (QED) is 0.214. The van der Waals surface area contributed by atoms with Crippen LogP contribution in [0.5, 0.6) is 0 Å². The Bertz CT molecular complexity index is 997. The number of rotatable bonds is 6. The van der Waals surface area contributed by atoms with Crippen LogP contribution in [0.4, 0.5) is 5.82 Å². The molecule has 1 fully saturated rings. The molecule has 150 valence electrons. The predicted octanol–water partition coefficient (Wildman–Crippen LogP) is -2.55. The minimum atomic E-state index is -6.00. The molecule has 27 heavy (non-hydrogen) atoms. The number of hydrogen-bond acceptors (Lipinski definition) is 12. The van der Waals surface area contributed by atoms with Gasteiger partial charge in [0.25, 0.3) is 0 Å². The molecule has 1 aliphatic heterocycles. The van der Waals surface area contributed by atoms with E-state index < -0.39 is 52.3 Å². The molecule has 0 bridgehead atoms. The zero-order chi connectivity index (χ0) is 20.0. The van der Waals surface area contributed by atoms with Gasteiger partial charge in [-0.25, -0.2) is 0 Å². The molecule has 2 aromatic rings. The number of nitrogen functional groups attached to an aromatic ring is 1. The van der Waals surface area contributed by atoms with Crippen molar-refractivity contribution >= 4 is 38.2 Å². The number of aliphatic hydroxyl groups excluding tert-OH is 2. The zero-order valence-electron chi connectivity index (χ0n) is 13.1. The van der Waals surface area contributed by atoms with E-state index in [0.717, 1.165) is 6.33 Å². The molecule has 17 heteroatoms. The molecule has 5 atom stereocenters. The fourth-order valence-corrected chi connectivity index (χ4v) is 4.85. The number of phosphoric ester groups is 1. The summed E-state index contributed by atoms with van der Waals surface area (Å²) in [5, 5.41) is 20.3. The van der Waals surface area contributed by atoms with E-state index in [0.29, 0.717) is 0 Å². The fourth-order valence-electron chi connectivity index (χ4n) is 2.46. The minimum absolute atomic E-state index is 0.0810. The number of nitrogens with zero attached hydrogens (tertiary/aromatic N) is 4. The van der Waals surface area contributed by atoms with Gasteiger partial charge in [-0.15, -0.1) is 0 Å². The van der Waals surface area contributed by atoms with Crippen LogP contribution in [0.1, 0.15) is 6.23 Å². The number of aliphatic hydroxyl groups is 2. The van der Waals surface area contributed by atoms with Crippen molar-refractivity contribution in [2.45, 2.75) is 24.5 Å². The Labute approximate surface area is 152 Å². The molecule has 0 saturated carbocycles. The number of nitrogens with two attached hydrogens (primary N) is 1. The van der Waals surface area contributed by atoms with Crippen LogP contribution >= 0.6 is 7.82 Å². The molecule has 3 rings (SSSR count). The molecule has 1 aliphatic rings. The zero-order valence-corrected chi connectivity index (χ0v) is 15.7. The molecule has 0 aliphatic carbocycles. The van der Waals surface area contributed by atoms with Gasteiger partial charge in [-0.3, -0.25) is 0 Å². The van der Waals surface area contributed by atoms with E-state index in [-0.39, 0.29) is 17.0 Å². The van der Waals surface area contributed by atoms with Gasteiger partial charge in [-0.2, -0.15) is 0 Å². The van der Waals surface area contributed by atoms with Crippen LogP contribution in [0, 0.1) is 0 Å². The molecule has 0 radical (unpaired) electrons. The molecule has 15 nitrogen and oxygen atoms in total. The Morgan fingerprint density at radius 2 is 2.00 bits per heavy atom. The topological polar surface area (TPSA) is 229 Å². The monoisotopic (exact) mass is 475 g/mol. The van der Waals surface area contributed by atoms with Crippen LogP contribution in [0.2, 0.25) is 0 Å². The van der Waals surface area contributed by atoms with Crippen molar-refractivity contribution in [1.29, 1.82) is 0 Å². The number of fused-ring (bicyclic) bond motifs is 1. The van der Waals surface area contributed by atoms with E-state index in [1.165, 1.54) is 10.9 Å². The Kier molecular flexibility index (Phi) is 5.30. The average molecular weight is 474 g/mol. The van der Waals surface area contributed by atoms with E-state index in [4.69, 9.17) is 14.7 Å². The second-order valence-electron chi connectivity index (χ2n) is 5.40. The van der Waals surface area contributed by atoms with Crippen molar-refractivity contribution in [1.82, 2.24) is 19.5 Å². The summed E-state index contributed by atoms with van der Waals surface area (Å²) < 4.78 is 55.7. The number of imidazole rings is 1. The first-order valence-corrected chi connectivity index (χ1v) is 11.4. The van der Waals surface area contributed by atoms with Gasteiger partial charge in [-0.05, 0) is 0 Å². The number of phosphoric acid groups is 1. The summed E-state index contributed by atoms with van der Waals surface area (Å²) >= 11 is -6.00. The van der Waals surface area contributed by atoms with E-state index >= 15 is 0 Å². The third-order valence-corrected chi connectivity index (χ3v) is 6.81. The van der Waals surface area contributed by atoms with Crippen molar-refractivity contribution in [2.75, 3.05) is 12.3 Å². The Morgan fingerprint density at radius 1 is 1.30 bits per heavy atom. The van der Waals surface area contributed by atoms with Gasteiger partial charge in [0.15, 0.2) is 0 Å². The van der Waals surface area contributed by atoms with E-state index in [1.54, 1.807) is 0 Å². The van der Waals surface area contributed by atoms with Gasteiger partial charge in [0.2, 0.25) is 0 Å². The Hall–Kier alpha value is -1.58. The second kappa shape index (κ2) is 7.10. The first-order chi connectivity index (χ1) is 12.5. The SMILES string of the molecule is Nc1ncnc2c1ncn2[C@@H]1O[C@H](COP(=O)(O)O[Se](=O)(=O)O)[C@@H](O)[C@H]1O. The number of hydrogen-bond donors (Lipinski definition) is 5. The van der Waals surface area contributed by atoms with Gasteiger partial charge in [0.1, 0.15) is 0 Å². The summed E-state index contributed by atoms with van der Waals surface area (Å²) in [4.78, 5) is 20.9. The third-order valence-electron chi connectivity index (χ3n) is 3.59. The molecule has 1 saturated heterocycles. The fraction of sp³-hybridized carbons (Fsp3) is 0.500. The predicted molar refractivity (Wildman–Crippen MR) is 81.9 cm³/mol. The normalized spacial score (nSPS) is 28.4. The van der Waals surface area contributed by atoms with Crippen LogP contribution in [0.15, 0.2) is 12.7 Å². The average Bonchev–Trinajstić information content (AvgIpc) is 3.07. The van der Waals surface area contributed by atoms with Gasteiger partial charge >= 0.3 is 152 Å². The van der Waals surface area contributed by atoms with Crippen LogP contribution < -0.4 is 5.73 Å². The first-order valence-electron chi connectivity index (χ1n) is 7.09. The van der Waals surface area contributed by atoms with E-state index in [9.17, 15) is 27.3 Å². The summed E-state index contributed by atoms with van der Waals surface area (Å²) in [7, 11) is -5.17. The van der Waals surface area contributed by atoms with Gasteiger partial charge in [0.05, 0.1) is 0 Å². The maximum absolute atomic E-state index is 11.4. The van der Waals surface area contributed by atoms with Crippen molar-refractivity contribution in [3.63, 3.8) is 0 Å². The molecule has 0 spiro atoms. The molecule has 6 N–H and O–H groups in total. The van der Waals surface area contributed by atoms with Crippen molar-refractivity contribution in [3.05, 3.63) is 12.7 Å². The van der Waals surface area contributed by atoms with E-state index in [1.807, 2.05) is 0 Å². The number of anilines is 1. The first kappa shape index (κ1) is 20.2. The summed E-state index contributed by atoms with van der Waals surface area (Å²) in [5.74, 6) is 0.0810. The molecule has 2 aromatic heterocycles. The molecular weight excluding hydrogens is 460 g/mol. The Balaban J connectivity index is 1.76.